The number of rotatable bonds is 7. The number of carbonyl (C=O) groups excluding carboxylic acids is 1. The van der Waals surface area contributed by atoms with E-state index >= 15 is 0 Å². The fourth-order valence-electron chi connectivity index (χ4n) is 2.06. The van der Waals surface area contributed by atoms with Gasteiger partial charge in [-0.15, -0.1) is 0 Å². The fourth-order valence-corrected chi connectivity index (χ4v) is 2.84. The zero-order chi connectivity index (χ0) is 16.9. The van der Waals surface area contributed by atoms with Crippen LogP contribution >= 0.6 is 11.3 Å². The van der Waals surface area contributed by atoms with Crippen LogP contribution in [0.25, 0.3) is 0 Å². The molecule has 0 aliphatic carbocycles. The summed E-state index contributed by atoms with van der Waals surface area (Å²) in [4.78, 5) is 12.2. The number of hydrogen-bond acceptors (Lipinski definition) is 4. The second kappa shape index (κ2) is 7.57. The lowest BCUT2D eigenvalue weighted by Gasteiger charge is -2.24. The highest BCUT2D eigenvalue weighted by Gasteiger charge is 2.27. The van der Waals surface area contributed by atoms with Crippen molar-refractivity contribution >= 4 is 17.2 Å². The first kappa shape index (κ1) is 17.4. The van der Waals surface area contributed by atoms with Crippen LogP contribution in [0.3, 0.4) is 0 Å². The molecule has 23 heavy (non-hydrogen) atoms. The number of para-hydroxylation sites is 1. The minimum atomic E-state index is -1.16. The van der Waals surface area contributed by atoms with Crippen LogP contribution in [0.5, 0.6) is 5.75 Å². The molecule has 0 fully saturated rings. The third-order valence-electron chi connectivity index (χ3n) is 3.52. The number of hydrogen-bond donors (Lipinski definition) is 2. The maximum atomic E-state index is 13.6. The molecule has 0 spiro atoms. The van der Waals surface area contributed by atoms with E-state index in [2.05, 4.69) is 5.32 Å². The molecule has 2 aromatic rings. The average Bonchev–Trinajstić information content (AvgIpc) is 3.07. The predicted octanol–water partition coefficient (Wildman–Crippen LogP) is 3.07. The Balaban J connectivity index is 1.97. The Labute approximate surface area is 138 Å². The minimum absolute atomic E-state index is 0.0408. The Bertz CT molecular complexity index is 643. The molecule has 0 bridgehead atoms. The lowest BCUT2D eigenvalue weighted by molar-refractivity contribution is -0.129. The van der Waals surface area contributed by atoms with Gasteiger partial charge in [0.1, 0.15) is 5.60 Å². The van der Waals surface area contributed by atoms with Gasteiger partial charge >= 0.3 is 0 Å². The molecule has 0 saturated carbocycles. The van der Waals surface area contributed by atoms with Gasteiger partial charge in [0.2, 0.25) is 0 Å². The van der Waals surface area contributed by atoms with E-state index in [1.807, 2.05) is 16.8 Å². The molecule has 0 aliphatic heterocycles. The van der Waals surface area contributed by atoms with Gasteiger partial charge in [0, 0.05) is 0 Å². The minimum Gasteiger partial charge on any atom is -0.478 e. The molecule has 6 heteroatoms. The van der Waals surface area contributed by atoms with Crippen LogP contribution in [0.1, 0.15) is 25.8 Å². The summed E-state index contributed by atoms with van der Waals surface area (Å²) in [6.07, 6.45) is -0.425. The van der Waals surface area contributed by atoms with Crippen LogP contribution in [-0.2, 0) is 10.4 Å². The highest BCUT2D eigenvalue weighted by atomic mass is 32.1. The molecule has 1 aromatic carbocycles. The highest BCUT2D eigenvalue weighted by molar-refractivity contribution is 7.08. The maximum absolute atomic E-state index is 13.6. The Kier molecular flexibility index (Phi) is 5.74. The van der Waals surface area contributed by atoms with E-state index in [9.17, 15) is 14.3 Å². The Morgan fingerprint density at radius 2 is 2.17 bits per heavy atom. The lowest BCUT2D eigenvalue weighted by atomic mass is 9.99. The number of thiophene rings is 1. The lowest BCUT2D eigenvalue weighted by Crippen LogP contribution is -2.44. The highest BCUT2D eigenvalue weighted by Crippen LogP contribution is 2.22. The zero-order valence-electron chi connectivity index (χ0n) is 13.1. The van der Waals surface area contributed by atoms with Gasteiger partial charge in [-0.1, -0.05) is 19.1 Å². The van der Waals surface area contributed by atoms with E-state index in [1.54, 1.807) is 26.0 Å². The van der Waals surface area contributed by atoms with Crippen molar-refractivity contribution in [1.29, 1.82) is 0 Å². The number of halogens is 1. The fraction of sp³-hybridized carbons (Fsp3) is 0.353. The molecular formula is C17H20FNO3S. The predicted molar refractivity (Wildman–Crippen MR) is 88.0 cm³/mol. The monoisotopic (exact) mass is 337 g/mol. The summed E-state index contributed by atoms with van der Waals surface area (Å²) in [6, 6.07) is 7.77. The van der Waals surface area contributed by atoms with Gasteiger partial charge in [-0.2, -0.15) is 11.3 Å². The number of aliphatic hydroxyl groups is 1. The summed E-state index contributed by atoms with van der Waals surface area (Å²) < 4.78 is 19.1. The summed E-state index contributed by atoms with van der Waals surface area (Å²) in [7, 11) is 0. The van der Waals surface area contributed by atoms with Gasteiger partial charge in [0.05, 0.1) is 6.54 Å². The molecule has 1 amide bonds. The van der Waals surface area contributed by atoms with Gasteiger partial charge < -0.3 is 15.2 Å². The molecule has 124 valence electrons. The number of benzene rings is 1. The van der Waals surface area contributed by atoms with Crippen LogP contribution in [0.2, 0.25) is 0 Å². The molecule has 1 aromatic heterocycles. The normalized spacial score (nSPS) is 14.8. The number of amides is 1. The average molecular weight is 337 g/mol. The van der Waals surface area contributed by atoms with Crippen molar-refractivity contribution in [2.24, 2.45) is 0 Å². The van der Waals surface area contributed by atoms with E-state index in [0.29, 0.717) is 6.42 Å². The van der Waals surface area contributed by atoms with Gasteiger partial charge in [0.25, 0.3) is 5.91 Å². The molecule has 0 aliphatic rings. The van der Waals surface area contributed by atoms with Crippen LogP contribution in [-0.4, -0.2) is 23.7 Å². The van der Waals surface area contributed by atoms with E-state index in [-0.39, 0.29) is 18.2 Å². The van der Waals surface area contributed by atoms with E-state index < -0.39 is 17.5 Å². The van der Waals surface area contributed by atoms with Crippen LogP contribution < -0.4 is 10.1 Å². The van der Waals surface area contributed by atoms with Crippen molar-refractivity contribution < 1.29 is 19.0 Å². The van der Waals surface area contributed by atoms with Crippen molar-refractivity contribution in [1.82, 2.24) is 5.32 Å². The van der Waals surface area contributed by atoms with Crippen LogP contribution in [0.15, 0.2) is 41.1 Å². The molecule has 0 radical (unpaired) electrons. The summed E-state index contributed by atoms with van der Waals surface area (Å²) >= 11 is 1.48. The SMILES string of the molecule is CCC(Oc1ccccc1F)C(=O)NCC(C)(O)c1ccsc1. The topological polar surface area (TPSA) is 58.6 Å². The standard InChI is InChI=1S/C17H20FNO3S/c1-3-14(22-15-7-5-4-6-13(15)18)16(20)19-11-17(2,21)12-8-9-23-10-12/h4-10,14,21H,3,11H2,1-2H3,(H,19,20). The molecule has 2 unspecified atom stereocenters. The van der Waals surface area contributed by atoms with Crippen molar-refractivity contribution in [3.05, 3.63) is 52.5 Å². The molecule has 2 N–H and O–H groups in total. The van der Waals surface area contributed by atoms with Crippen molar-refractivity contribution in [3.63, 3.8) is 0 Å². The number of carbonyl (C=O) groups is 1. The molecule has 0 saturated heterocycles. The largest absolute Gasteiger partial charge is 0.478 e. The van der Waals surface area contributed by atoms with Gasteiger partial charge in [-0.25, -0.2) is 4.39 Å². The van der Waals surface area contributed by atoms with Gasteiger partial charge in [-0.05, 0) is 47.9 Å². The number of nitrogens with one attached hydrogen (secondary N) is 1. The van der Waals surface area contributed by atoms with Gasteiger partial charge in [-0.3, -0.25) is 4.79 Å². The third kappa shape index (κ3) is 4.53. The van der Waals surface area contributed by atoms with E-state index in [0.717, 1.165) is 5.56 Å². The summed E-state index contributed by atoms with van der Waals surface area (Å²) in [5.41, 5.74) is -0.419. The van der Waals surface area contributed by atoms with Crippen molar-refractivity contribution in [2.45, 2.75) is 32.0 Å². The van der Waals surface area contributed by atoms with Crippen LogP contribution in [0, 0.1) is 5.82 Å². The molecule has 1 heterocycles. The van der Waals surface area contributed by atoms with E-state index in [1.165, 1.54) is 23.5 Å². The molecule has 2 atom stereocenters. The second-order valence-electron chi connectivity index (χ2n) is 5.45. The Morgan fingerprint density at radius 1 is 1.43 bits per heavy atom. The molecule has 4 nitrogen and oxygen atoms in total. The second-order valence-corrected chi connectivity index (χ2v) is 6.23. The van der Waals surface area contributed by atoms with Crippen molar-refractivity contribution in [3.8, 4) is 5.75 Å². The first-order valence-corrected chi connectivity index (χ1v) is 8.32. The number of ether oxygens (including phenoxy) is 1. The summed E-state index contributed by atoms with van der Waals surface area (Å²) in [6.45, 7) is 3.47. The Morgan fingerprint density at radius 3 is 2.78 bits per heavy atom. The summed E-state index contributed by atoms with van der Waals surface area (Å²) in [5.74, 6) is -0.852. The third-order valence-corrected chi connectivity index (χ3v) is 4.20. The first-order valence-electron chi connectivity index (χ1n) is 7.38. The molecular weight excluding hydrogens is 317 g/mol. The first-order chi connectivity index (χ1) is 10.9. The quantitative estimate of drug-likeness (QED) is 0.816. The van der Waals surface area contributed by atoms with Gasteiger partial charge in [0.15, 0.2) is 17.7 Å². The maximum Gasteiger partial charge on any atom is 0.261 e. The van der Waals surface area contributed by atoms with E-state index in [4.69, 9.17) is 4.74 Å². The zero-order valence-corrected chi connectivity index (χ0v) is 13.9. The smallest absolute Gasteiger partial charge is 0.261 e. The van der Waals surface area contributed by atoms with Crippen molar-refractivity contribution in [2.75, 3.05) is 6.54 Å². The molecule has 2 rings (SSSR count). The van der Waals surface area contributed by atoms with Crippen LogP contribution in [0.4, 0.5) is 4.39 Å². The Hall–Kier alpha value is -1.92. The summed E-state index contributed by atoms with van der Waals surface area (Å²) in [5, 5.41) is 16.8.